The Morgan fingerprint density at radius 2 is 1.32 bits per heavy atom. The van der Waals surface area contributed by atoms with Gasteiger partial charge in [0.2, 0.25) is 0 Å². The predicted molar refractivity (Wildman–Crippen MR) is 97.0 cm³/mol. The Hall–Kier alpha value is -1.43. The van der Waals surface area contributed by atoms with Gasteiger partial charge in [0.15, 0.2) is 0 Å². The second kappa shape index (κ2) is 16.1. The van der Waals surface area contributed by atoms with Crippen molar-refractivity contribution in [2.75, 3.05) is 0 Å². The van der Waals surface area contributed by atoms with Crippen LogP contribution in [0.1, 0.15) is 96.8 Å². The first kappa shape index (κ1) is 23.6. The molecular weight excluding hydrogens is 322 g/mol. The average Bonchev–Trinajstić information content (AvgIpc) is 2.57. The standard InChI is InChI=1S/C19H35NO5/c1-2-3-4-5-6-7-8-9-10-11-12-13-18(23)25-19(24)16(20)14-15-17(21)22/h16H,2-15,20H2,1H3,(H,21,22)/t16-/m1/s1. The van der Waals surface area contributed by atoms with Crippen LogP contribution >= 0.6 is 0 Å². The number of unbranched alkanes of at least 4 members (excludes halogenated alkanes) is 10. The van der Waals surface area contributed by atoms with E-state index in [1.54, 1.807) is 0 Å². The summed E-state index contributed by atoms with van der Waals surface area (Å²) in [5, 5.41) is 8.52. The van der Waals surface area contributed by atoms with Crippen LogP contribution < -0.4 is 5.73 Å². The van der Waals surface area contributed by atoms with Crippen LogP contribution in [0, 0.1) is 0 Å². The van der Waals surface area contributed by atoms with E-state index >= 15 is 0 Å². The number of rotatable bonds is 16. The molecule has 0 saturated carbocycles. The van der Waals surface area contributed by atoms with Crippen LogP contribution in [-0.2, 0) is 19.1 Å². The molecule has 0 unspecified atom stereocenters. The lowest BCUT2D eigenvalue weighted by Crippen LogP contribution is -2.34. The van der Waals surface area contributed by atoms with Gasteiger partial charge in [-0.05, 0) is 12.8 Å². The Morgan fingerprint density at radius 3 is 1.80 bits per heavy atom. The van der Waals surface area contributed by atoms with Crippen molar-refractivity contribution in [1.82, 2.24) is 0 Å². The first-order chi connectivity index (χ1) is 12.0. The molecule has 25 heavy (non-hydrogen) atoms. The maximum Gasteiger partial charge on any atom is 0.330 e. The molecule has 0 aromatic carbocycles. The molecule has 0 bridgehead atoms. The fourth-order valence-electron chi connectivity index (χ4n) is 2.57. The van der Waals surface area contributed by atoms with Crippen molar-refractivity contribution >= 4 is 17.9 Å². The first-order valence-corrected chi connectivity index (χ1v) is 9.69. The summed E-state index contributed by atoms with van der Waals surface area (Å²) in [4.78, 5) is 33.4. The van der Waals surface area contributed by atoms with Gasteiger partial charge < -0.3 is 15.6 Å². The largest absolute Gasteiger partial charge is 0.481 e. The van der Waals surface area contributed by atoms with Crippen molar-refractivity contribution in [1.29, 1.82) is 0 Å². The van der Waals surface area contributed by atoms with Crippen LogP contribution in [-0.4, -0.2) is 29.1 Å². The van der Waals surface area contributed by atoms with E-state index in [1.165, 1.54) is 51.4 Å². The molecule has 0 radical (unpaired) electrons. The van der Waals surface area contributed by atoms with Gasteiger partial charge in [0.05, 0.1) is 0 Å². The Kier molecular flexibility index (Phi) is 15.1. The van der Waals surface area contributed by atoms with E-state index < -0.39 is 23.9 Å². The molecule has 0 heterocycles. The summed E-state index contributed by atoms with van der Waals surface area (Å²) in [5.74, 6) is -2.45. The second-order valence-corrected chi connectivity index (χ2v) is 6.62. The zero-order chi connectivity index (χ0) is 18.9. The number of hydrogen-bond acceptors (Lipinski definition) is 5. The molecule has 0 aliphatic rings. The van der Waals surface area contributed by atoms with Crippen LogP contribution in [0.5, 0.6) is 0 Å². The van der Waals surface area contributed by atoms with Crippen molar-refractivity contribution in [2.24, 2.45) is 5.73 Å². The minimum Gasteiger partial charge on any atom is -0.481 e. The van der Waals surface area contributed by atoms with E-state index in [9.17, 15) is 14.4 Å². The summed E-state index contributed by atoms with van der Waals surface area (Å²) < 4.78 is 4.64. The molecule has 1 atom stereocenters. The highest BCUT2D eigenvalue weighted by atomic mass is 16.6. The van der Waals surface area contributed by atoms with Crippen LogP contribution in [0.25, 0.3) is 0 Å². The van der Waals surface area contributed by atoms with Gasteiger partial charge in [0, 0.05) is 12.8 Å². The van der Waals surface area contributed by atoms with Crippen LogP contribution in [0.4, 0.5) is 0 Å². The number of carboxylic acids is 1. The summed E-state index contributed by atoms with van der Waals surface area (Å²) in [6, 6.07) is -1.06. The van der Waals surface area contributed by atoms with Gasteiger partial charge >= 0.3 is 17.9 Å². The fourth-order valence-corrected chi connectivity index (χ4v) is 2.57. The van der Waals surface area contributed by atoms with Crippen molar-refractivity contribution in [3.63, 3.8) is 0 Å². The van der Waals surface area contributed by atoms with E-state index in [0.29, 0.717) is 6.42 Å². The Bertz CT molecular complexity index is 384. The third-order valence-electron chi connectivity index (χ3n) is 4.17. The van der Waals surface area contributed by atoms with Crippen molar-refractivity contribution in [3.05, 3.63) is 0 Å². The highest BCUT2D eigenvalue weighted by Crippen LogP contribution is 2.12. The zero-order valence-corrected chi connectivity index (χ0v) is 15.6. The van der Waals surface area contributed by atoms with E-state index in [4.69, 9.17) is 10.8 Å². The minimum atomic E-state index is -1.06. The number of carbonyl (C=O) groups is 3. The van der Waals surface area contributed by atoms with Gasteiger partial charge in [0.1, 0.15) is 6.04 Å². The molecule has 6 nitrogen and oxygen atoms in total. The van der Waals surface area contributed by atoms with E-state index in [1.807, 2.05) is 0 Å². The van der Waals surface area contributed by atoms with Crippen LogP contribution in [0.3, 0.4) is 0 Å². The minimum absolute atomic E-state index is 0.0279. The number of carboxylic acid groups (broad SMARTS) is 1. The molecule has 0 aliphatic heterocycles. The fraction of sp³-hybridized carbons (Fsp3) is 0.842. The molecule has 146 valence electrons. The number of esters is 2. The molecule has 0 fully saturated rings. The number of ether oxygens (including phenoxy) is 1. The Labute approximate surface area is 151 Å². The zero-order valence-electron chi connectivity index (χ0n) is 15.6. The SMILES string of the molecule is CCCCCCCCCCCCCC(=O)OC(=O)[C@H](N)CCC(=O)O. The molecule has 0 aromatic rings. The van der Waals surface area contributed by atoms with E-state index in [2.05, 4.69) is 11.7 Å². The highest BCUT2D eigenvalue weighted by molar-refractivity contribution is 5.88. The van der Waals surface area contributed by atoms with E-state index in [0.717, 1.165) is 12.8 Å². The molecule has 0 aromatic heterocycles. The molecule has 0 amide bonds. The molecule has 3 N–H and O–H groups in total. The summed E-state index contributed by atoms with van der Waals surface area (Å²) in [5.41, 5.74) is 5.48. The third kappa shape index (κ3) is 15.8. The van der Waals surface area contributed by atoms with Crippen molar-refractivity contribution in [3.8, 4) is 0 Å². The average molecular weight is 357 g/mol. The number of nitrogens with two attached hydrogens (primary N) is 1. The predicted octanol–water partition coefficient (Wildman–Crippen LogP) is 3.95. The van der Waals surface area contributed by atoms with Gasteiger partial charge in [-0.25, -0.2) is 4.79 Å². The van der Waals surface area contributed by atoms with Gasteiger partial charge in [-0.1, -0.05) is 71.1 Å². The number of aliphatic carboxylic acids is 1. The molecule has 6 heteroatoms. The van der Waals surface area contributed by atoms with Gasteiger partial charge in [-0.3, -0.25) is 9.59 Å². The summed E-state index contributed by atoms with van der Waals surface area (Å²) >= 11 is 0. The Balaban J connectivity index is 3.48. The number of hydrogen-bond donors (Lipinski definition) is 2. The lowest BCUT2D eigenvalue weighted by atomic mass is 10.1. The molecule has 0 rings (SSSR count). The van der Waals surface area contributed by atoms with Gasteiger partial charge in [0.25, 0.3) is 0 Å². The quantitative estimate of drug-likeness (QED) is 0.246. The maximum absolute atomic E-state index is 11.5. The lowest BCUT2D eigenvalue weighted by Gasteiger charge is -2.09. The molecule has 0 saturated heterocycles. The maximum atomic E-state index is 11.5. The van der Waals surface area contributed by atoms with Crippen LogP contribution in [0.15, 0.2) is 0 Å². The van der Waals surface area contributed by atoms with Crippen molar-refractivity contribution < 1.29 is 24.2 Å². The topological polar surface area (TPSA) is 107 Å². The summed E-state index contributed by atoms with van der Waals surface area (Å²) in [6.45, 7) is 2.22. The Morgan fingerprint density at radius 1 is 0.840 bits per heavy atom. The molecule has 0 aliphatic carbocycles. The van der Waals surface area contributed by atoms with Gasteiger partial charge in [-0.2, -0.15) is 0 Å². The summed E-state index contributed by atoms with van der Waals surface area (Å²) in [6.07, 6.45) is 13.0. The summed E-state index contributed by atoms with van der Waals surface area (Å²) in [7, 11) is 0. The van der Waals surface area contributed by atoms with Gasteiger partial charge in [-0.15, -0.1) is 0 Å². The van der Waals surface area contributed by atoms with E-state index in [-0.39, 0.29) is 19.3 Å². The lowest BCUT2D eigenvalue weighted by molar-refractivity contribution is -0.160. The number of carbonyl (C=O) groups excluding carboxylic acids is 2. The second-order valence-electron chi connectivity index (χ2n) is 6.62. The third-order valence-corrected chi connectivity index (χ3v) is 4.17. The highest BCUT2D eigenvalue weighted by Gasteiger charge is 2.19. The first-order valence-electron chi connectivity index (χ1n) is 9.69. The normalized spacial score (nSPS) is 11.9. The molecule has 0 spiro atoms. The van der Waals surface area contributed by atoms with Crippen molar-refractivity contribution in [2.45, 2.75) is 103 Å². The smallest absolute Gasteiger partial charge is 0.330 e. The van der Waals surface area contributed by atoms with Crippen LogP contribution in [0.2, 0.25) is 0 Å². The molecular formula is C19H35NO5. The monoisotopic (exact) mass is 357 g/mol.